The van der Waals surface area contributed by atoms with Crippen molar-refractivity contribution in [1.82, 2.24) is 14.9 Å². The van der Waals surface area contributed by atoms with Crippen LogP contribution in [-0.4, -0.2) is 52.6 Å². The van der Waals surface area contributed by atoms with Crippen LogP contribution in [0.1, 0.15) is 42.4 Å². The number of hydrogen-bond acceptors (Lipinski definition) is 7. The molecule has 1 amide bonds. The van der Waals surface area contributed by atoms with Crippen LogP contribution in [-0.2, 0) is 17.9 Å². The van der Waals surface area contributed by atoms with Crippen LogP contribution in [0.25, 0.3) is 0 Å². The van der Waals surface area contributed by atoms with Gasteiger partial charge in [-0.05, 0) is 50.6 Å². The van der Waals surface area contributed by atoms with Crippen molar-refractivity contribution in [2.75, 3.05) is 29.9 Å². The highest BCUT2D eigenvalue weighted by molar-refractivity contribution is 5.98. The van der Waals surface area contributed by atoms with E-state index >= 15 is 0 Å². The minimum Gasteiger partial charge on any atom is -0.489 e. The molecule has 0 bridgehead atoms. The summed E-state index contributed by atoms with van der Waals surface area (Å²) < 4.78 is 11.6. The number of nitrogens with one attached hydrogen (secondary N) is 1. The topological polar surface area (TPSA) is 79.8 Å². The maximum atomic E-state index is 13.1. The van der Waals surface area contributed by atoms with Gasteiger partial charge in [-0.3, -0.25) is 4.79 Å². The van der Waals surface area contributed by atoms with Crippen LogP contribution < -0.4 is 15.0 Å². The molecule has 8 nitrogen and oxygen atoms in total. The van der Waals surface area contributed by atoms with Gasteiger partial charge in [0.15, 0.2) is 0 Å². The number of nitrogens with zero attached hydrogens (tertiary/aromatic N) is 4. The Labute approximate surface area is 205 Å². The molecule has 3 heterocycles. The van der Waals surface area contributed by atoms with Crippen LogP contribution in [0.15, 0.2) is 54.6 Å². The van der Waals surface area contributed by atoms with E-state index in [1.807, 2.05) is 80.3 Å². The SMILES string of the molecule is CC(C)N1Cc2c(Nc3ccc(OCc4ccccc4)cc3)nc(N3CCO[C@H](C)C3)nc2C1=O. The lowest BCUT2D eigenvalue weighted by atomic mass is 10.2. The number of aromatic nitrogens is 2. The van der Waals surface area contributed by atoms with E-state index in [2.05, 4.69) is 10.2 Å². The Kier molecular flexibility index (Phi) is 6.55. The van der Waals surface area contributed by atoms with Gasteiger partial charge in [0.2, 0.25) is 5.95 Å². The first-order chi connectivity index (χ1) is 17.0. The highest BCUT2D eigenvalue weighted by Gasteiger charge is 2.35. The zero-order chi connectivity index (χ0) is 24.4. The van der Waals surface area contributed by atoms with E-state index in [1.54, 1.807) is 0 Å². The first kappa shape index (κ1) is 23.1. The van der Waals surface area contributed by atoms with Crippen molar-refractivity contribution in [3.63, 3.8) is 0 Å². The zero-order valence-corrected chi connectivity index (χ0v) is 20.4. The molecule has 0 spiro atoms. The van der Waals surface area contributed by atoms with Gasteiger partial charge < -0.3 is 24.6 Å². The summed E-state index contributed by atoms with van der Waals surface area (Å²) in [7, 11) is 0. The molecular formula is C27H31N5O3. The van der Waals surface area contributed by atoms with Crippen molar-refractivity contribution >= 4 is 23.4 Å². The minimum absolute atomic E-state index is 0.0485. The number of carbonyl (C=O) groups excluding carboxylic acids is 1. The Morgan fingerprint density at radius 3 is 2.60 bits per heavy atom. The van der Waals surface area contributed by atoms with Gasteiger partial charge >= 0.3 is 0 Å². The zero-order valence-electron chi connectivity index (χ0n) is 20.4. The monoisotopic (exact) mass is 473 g/mol. The quantitative estimate of drug-likeness (QED) is 0.545. The lowest BCUT2D eigenvalue weighted by Crippen LogP contribution is -2.42. The van der Waals surface area contributed by atoms with E-state index < -0.39 is 0 Å². The summed E-state index contributed by atoms with van der Waals surface area (Å²) in [6.45, 7) is 9.07. The molecule has 2 aliphatic heterocycles. The minimum atomic E-state index is -0.0485. The standard InChI is InChI=1S/C27H31N5O3/c1-18(2)32-16-23-24(26(32)33)29-27(31-13-14-34-19(3)15-31)30-25(23)28-21-9-11-22(12-10-21)35-17-20-7-5-4-6-8-20/h4-12,18-19H,13-17H2,1-3H3,(H,28,29,30)/t19-/m1/s1. The second kappa shape index (κ2) is 9.92. The molecule has 0 unspecified atom stereocenters. The largest absolute Gasteiger partial charge is 0.489 e. The molecule has 0 aliphatic carbocycles. The molecule has 8 heteroatoms. The fourth-order valence-corrected chi connectivity index (χ4v) is 4.35. The Morgan fingerprint density at radius 1 is 1.11 bits per heavy atom. The van der Waals surface area contributed by atoms with Gasteiger partial charge in [-0.15, -0.1) is 0 Å². The Bertz CT molecular complexity index is 1180. The smallest absolute Gasteiger partial charge is 0.273 e. The second-order valence-corrected chi connectivity index (χ2v) is 9.28. The predicted octanol–water partition coefficient (Wildman–Crippen LogP) is 4.39. The first-order valence-electron chi connectivity index (χ1n) is 12.1. The molecule has 5 rings (SSSR count). The van der Waals surface area contributed by atoms with Gasteiger partial charge in [0.25, 0.3) is 5.91 Å². The number of hydrogen-bond donors (Lipinski definition) is 1. The van der Waals surface area contributed by atoms with Gasteiger partial charge in [-0.1, -0.05) is 30.3 Å². The maximum absolute atomic E-state index is 13.1. The molecule has 1 atom stereocenters. The van der Waals surface area contributed by atoms with Crippen LogP contribution >= 0.6 is 0 Å². The average Bonchev–Trinajstić information content (AvgIpc) is 3.21. The maximum Gasteiger partial charge on any atom is 0.273 e. The predicted molar refractivity (Wildman–Crippen MR) is 135 cm³/mol. The number of fused-ring (bicyclic) bond motifs is 1. The van der Waals surface area contributed by atoms with Gasteiger partial charge in [-0.2, -0.15) is 4.98 Å². The molecule has 1 N–H and O–H groups in total. The van der Waals surface area contributed by atoms with Crippen LogP contribution in [0, 0.1) is 0 Å². The highest BCUT2D eigenvalue weighted by Crippen LogP contribution is 2.32. The number of anilines is 3. The van der Waals surface area contributed by atoms with Gasteiger partial charge in [-0.25, -0.2) is 4.98 Å². The lowest BCUT2D eigenvalue weighted by Gasteiger charge is -2.31. The fraction of sp³-hybridized carbons (Fsp3) is 0.370. The van der Waals surface area contributed by atoms with Crippen molar-refractivity contribution < 1.29 is 14.3 Å². The van der Waals surface area contributed by atoms with Crippen molar-refractivity contribution in [1.29, 1.82) is 0 Å². The number of carbonyl (C=O) groups is 1. The Balaban J connectivity index is 1.38. The van der Waals surface area contributed by atoms with E-state index in [-0.39, 0.29) is 18.1 Å². The molecule has 1 saturated heterocycles. The molecule has 3 aromatic rings. The van der Waals surface area contributed by atoms with E-state index in [0.29, 0.717) is 50.3 Å². The van der Waals surface area contributed by atoms with E-state index in [1.165, 1.54) is 0 Å². The molecule has 2 aliphatic rings. The van der Waals surface area contributed by atoms with Crippen molar-refractivity contribution in [3.8, 4) is 5.75 Å². The fourth-order valence-electron chi connectivity index (χ4n) is 4.35. The summed E-state index contributed by atoms with van der Waals surface area (Å²) in [5.74, 6) is 1.96. The first-order valence-corrected chi connectivity index (χ1v) is 12.1. The molecule has 35 heavy (non-hydrogen) atoms. The summed E-state index contributed by atoms with van der Waals surface area (Å²) in [5.41, 5.74) is 3.30. The van der Waals surface area contributed by atoms with Gasteiger partial charge in [0, 0.05) is 30.4 Å². The molecule has 182 valence electrons. The lowest BCUT2D eigenvalue weighted by molar-refractivity contribution is 0.0526. The molecule has 0 radical (unpaired) electrons. The van der Waals surface area contributed by atoms with Crippen molar-refractivity contribution in [2.24, 2.45) is 0 Å². The van der Waals surface area contributed by atoms with Crippen LogP contribution in [0.4, 0.5) is 17.5 Å². The number of morpholine rings is 1. The number of ether oxygens (including phenoxy) is 2. The molecule has 1 fully saturated rings. The Morgan fingerprint density at radius 2 is 1.89 bits per heavy atom. The Hall–Kier alpha value is -3.65. The number of benzene rings is 2. The van der Waals surface area contributed by atoms with E-state index in [9.17, 15) is 4.79 Å². The van der Waals surface area contributed by atoms with Gasteiger partial charge in [0.05, 0.1) is 19.3 Å². The van der Waals surface area contributed by atoms with Crippen molar-refractivity contribution in [3.05, 3.63) is 71.4 Å². The summed E-state index contributed by atoms with van der Waals surface area (Å²) in [5, 5.41) is 3.43. The molecule has 1 aromatic heterocycles. The van der Waals surface area contributed by atoms with Crippen LogP contribution in [0.2, 0.25) is 0 Å². The normalized spacial score (nSPS) is 17.6. The third-order valence-electron chi connectivity index (χ3n) is 6.30. The molecule has 0 saturated carbocycles. The highest BCUT2D eigenvalue weighted by atomic mass is 16.5. The summed E-state index contributed by atoms with van der Waals surface area (Å²) in [6, 6.07) is 18.0. The van der Waals surface area contributed by atoms with Crippen LogP contribution in [0.5, 0.6) is 5.75 Å². The summed E-state index contributed by atoms with van der Waals surface area (Å²) in [6.07, 6.45) is 0.0864. The average molecular weight is 474 g/mol. The third kappa shape index (κ3) is 5.07. The second-order valence-electron chi connectivity index (χ2n) is 9.28. The van der Waals surface area contributed by atoms with Crippen molar-refractivity contribution in [2.45, 2.75) is 46.1 Å². The summed E-state index contributed by atoms with van der Waals surface area (Å²) in [4.78, 5) is 26.6. The molecular weight excluding hydrogens is 442 g/mol. The van der Waals surface area contributed by atoms with E-state index in [0.717, 1.165) is 22.6 Å². The van der Waals surface area contributed by atoms with E-state index in [4.69, 9.17) is 19.4 Å². The summed E-state index contributed by atoms with van der Waals surface area (Å²) >= 11 is 0. The number of rotatable bonds is 7. The van der Waals surface area contributed by atoms with Crippen LogP contribution in [0.3, 0.4) is 0 Å². The molecule has 2 aromatic carbocycles. The third-order valence-corrected chi connectivity index (χ3v) is 6.30. The van der Waals surface area contributed by atoms with Gasteiger partial charge in [0.1, 0.15) is 23.9 Å². The number of amides is 1.